The quantitative estimate of drug-likeness (QED) is 0.682. The molecule has 0 N–H and O–H groups in total. The third-order valence-electron chi connectivity index (χ3n) is 2.52. The van der Waals surface area contributed by atoms with Crippen molar-refractivity contribution in [1.82, 2.24) is 9.97 Å². The number of fused-ring (bicyclic) bond motifs is 1. The van der Waals surface area contributed by atoms with Crippen molar-refractivity contribution in [2.45, 2.75) is 20.8 Å². The lowest BCUT2D eigenvalue weighted by atomic mass is 10.2. The van der Waals surface area contributed by atoms with Gasteiger partial charge in [-0.1, -0.05) is 18.2 Å². The highest BCUT2D eigenvalue weighted by atomic mass is 14.7. The van der Waals surface area contributed by atoms with Crippen LogP contribution in [0.4, 0.5) is 0 Å². The van der Waals surface area contributed by atoms with Gasteiger partial charge in [0.15, 0.2) is 0 Å². The first-order valence-electron chi connectivity index (χ1n) is 5.71. The normalized spacial score (nSPS) is 10.1. The summed E-state index contributed by atoms with van der Waals surface area (Å²) >= 11 is 0. The van der Waals surface area contributed by atoms with Crippen LogP contribution in [0.15, 0.2) is 42.5 Å². The van der Waals surface area contributed by atoms with Crippen molar-refractivity contribution in [1.29, 1.82) is 0 Å². The average molecular weight is 224 g/mol. The molecule has 0 aliphatic heterocycles. The van der Waals surface area contributed by atoms with E-state index in [1.54, 1.807) is 0 Å². The summed E-state index contributed by atoms with van der Waals surface area (Å²) in [5.41, 5.74) is 4.02. The maximum Gasteiger partial charge on any atom is 0.0705 e. The Labute approximate surface area is 102 Å². The lowest BCUT2D eigenvalue weighted by Gasteiger charge is -1.96. The van der Waals surface area contributed by atoms with Crippen molar-refractivity contribution in [3.63, 3.8) is 0 Å². The maximum absolute atomic E-state index is 4.53. The molecular formula is C15H16N2. The molecule has 0 saturated carbocycles. The Balaban J connectivity index is 2.83. The van der Waals surface area contributed by atoms with Crippen LogP contribution >= 0.6 is 0 Å². The van der Waals surface area contributed by atoms with Crippen molar-refractivity contribution in [2.24, 2.45) is 0 Å². The van der Waals surface area contributed by atoms with Crippen LogP contribution in [0, 0.1) is 20.8 Å². The van der Waals surface area contributed by atoms with E-state index in [1.165, 1.54) is 0 Å². The van der Waals surface area contributed by atoms with Gasteiger partial charge in [0, 0.05) is 22.5 Å². The van der Waals surface area contributed by atoms with Gasteiger partial charge in [0.25, 0.3) is 0 Å². The van der Waals surface area contributed by atoms with Crippen LogP contribution in [-0.2, 0) is 0 Å². The van der Waals surface area contributed by atoms with Crippen molar-refractivity contribution in [3.8, 4) is 0 Å². The molecule has 0 unspecified atom stereocenters. The highest BCUT2D eigenvalue weighted by molar-refractivity contribution is 5.77. The lowest BCUT2D eigenvalue weighted by Crippen LogP contribution is -1.83. The van der Waals surface area contributed by atoms with Crippen LogP contribution < -0.4 is 0 Å². The SMILES string of the molecule is Cc1ccccc2nc(C)ccc2cc(C)n1. The van der Waals surface area contributed by atoms with E-state index >= 15 is 0 Å². The van der Waals surface area contributed by atoms with Crippen LogP contribution in [0.3, 0.4) is 0 Å². The van der Waals surface area contributed by atoms with Gasteiger partial charge in [-0.15, -0.1) is 0 Å². The van der Waals surface area contributed by atoms with Crippen LogP contribution in [0.2, 0.25) is 0 Å². The zero-order chi connectivity index (χ0) is 12.3. The minimum atomic E-state index is 0.990. The van der Waals surface area contributed by atoms with Crippen LogP contribution in [-0.4, -0.2) is 9.97 Å². The van der Waals surface area contributed by atoms with Crippen molar-refractivity contribution in [3.05, 3.63) is 59.5 Å². The van der Waals surface area contributed by atoms with Gasteiger partial charge in [-0.25, -0.2) is 0 Å². The van der Waals surface area contributed by atoms with E-state index in [0.717, 1.165) is 28.0 Å². The van der Waals surface area contributed by atoms with Gasteiger partial charge in [0.2, 0.25) is 0 Å². The zero-order valence-electron chi connectivity index (χ0n) is 10.4. The van der Waals surface area contributed by atoms with Gasteiger partial charge in [-0.2, -0.15) is 0 Å². The van der Waals surface area contributed by atoms with Crippen molar-refractivity contribution >= 4 is 10.9 Å². The minimum Gasteiger partial charge on any atom is -0.258 e. The van der Waals surface area contributed by atoms with E-state index in [9.17, 15) is 0 Å². The van der Waals surface area contributed by atoms with Crippen LogP contribution in [0.5, 0.6) is 0 Å². The standard InChI is InChI=1S/C15H16N2/c1-11-6-4-5-7-15-14(10-13(3)16-11)9-8-12(2)17-15/h4-10H,1-3H3. The van der Waals surface area contributed by atoms with Gasteiger partial charge < -0.3 is 0 Å². The van der Waals surface area contributed by atoms with Crippen LogP contribution in [0.25, 0.3) is 10.9 Å². The Kier molecular flexibility index (Phi) is 3.33. The third kappa shape index (κ3) is 3.00. The molecule has 0 aliphatic rings. The second-order valence-electron chi connectivity index (χ2n) is 4.18. The average Bonchev–Trinajstić information content (AvgIpc) is 2.27. The number of aromatic nitrogens is 2. The first kappa shape index (κ1) is 11.5. The molecule has 2 nitrogen and oxygen atoms in total. The van der Waals surface area contributed by atoms with Crippen molar-refractivity contribution in [2.75, 3.05) is 0 Å². The monoisotopic (exact) mass is 224 g/mol. The van der Waals surface area contributed by atoms with E-state index in [2.05, 4.69) is 22.1 Å². The second kappa shape index (κ2) is 4.91. The van der Waals surface area contributed by atoms with Gasteiger partial charge >= 0.3 is 0 Å². The molecule has 0 aliphatic carbocycles. The molecule has 2 heterocycles. The predicted octanol–water partition coefficient (Wildman–Crippen LogP) is 3.68. The summed E-state index contributed by atoms with van der Waals surface area (Å²) in [6.45, 7) is 6.01. The molecule has 0 amide bonds. The molecule has 2 heteroatoms. The van der Waals surface area contributed by atoms with E-state index < -0.39 is 0 Å². The fraction of sp³-hybridized carbons (Fsp3) is 0.200. The summed E-state index contributed by atoms with van der Waals surface area (Å²) in [6, 6.07) is 14.2. The molecular weight excluding hydrogens is 208 g/mol. The first-order chi connectivity index (χ1) is 8.15. The topological polar surface area (TPSA) is 25.8 Å². The minimum absolute atomic E-state index is 0.990. The Morgan fingerprint density at radius 3 is 2.24 bits per heavy atom. The molecule has 0 bridgehead atoms. The molecule has 0 aromatic carbocycles. The summed E-state index contributed by atoms with van der Waals surface area (Å²) in [7, 11) is 0. The number of rotatable bonds is 0. The van der Waals surface area contributed by atoms with Gasteiger partial charge in [0.05, 0.1) is 5.52 Å². The predicted molar refractivity (Wildman–Crippen MR) is 71.4 cm³/mol. The largest absolute Gasteiger partial charge is 0.258 e. The molecule has 0 spiro atoms. The molecule has 2 aromatic heterocycles. The summed E-state index contributed by atoms with van der Waals surface area (Å²) < 4.78 is 0. The van der Waals surface area contributed by atoms with Gasteiger partial charge in [-0.05, 0) is 45.0 Å². The highest BCUT2D eigenvalue weighted by Gasteiger charge is 1.92. The number of pyridine rings is 1. The zero-order valence-corrected chi connectivity index (χ0v) is 10.4. The lowest BCUT2D eigenvalue weighted by molar-refractivity contribution is 1.14. The summed E-state index contributed by atoms with van der Waals surface area (Å²) in [5, 5.41) is 1.11. The van der Waals surface area contributed by atoms with E-state index in [4.69, 9.17) is 0 Å². The summed E-state index contributed by atoms with van der Waals surface area (Å²) in [6.07, 6.45) is 0. The fourth-order valence-electron chi connectivity index (χ4n) is 1.76. The Bertz CT molecular complexity index is 602. The van der Waals surface area contributed by atoms with E-state index in [0.29, 0.717) is 0 Å². The maximum atomic E-state index is 4.53. The molecule has 17 heavy (non-hydrogen) atoms. The summed E-state index contributed by atoms with van der Waals surface area (Å²) in [4.78, 5) is 9.02. The Morgan fingerprint density at radius 2 is 1.41 bits per heavy atom. The molecule has 0 saturated heterocycles. The van der Waals surface area contributed by atoms with Crippen LogP contribution in [0.1, 0.15) is 17.1 Å². The van der Waals surface area contributed by atoms with E-state index in [1.807, 2.05) is 51.1 Å². The smallest absolute Gasteiger partial charge is 0.0705 e. The molecule has 0 atom stereocenters. The highest BCUT2D eigenvalue weighted by Crippen LogP contribution is 2.10. The number of hydrogen-bond acceptors (Lipinski definition) is 2. The van der Waals surface area contributed by atoms with Gasteiger partial charge in [-0.3, -0.25) is 9.97 Å². The van der Waals surface area contributed by atoms with Crippen molar-refractivity contribution < 1.29 is 0 Å². The second-order valence-corrected chi connectivity index (χ2v) is 4.18. The molecule has 2 aromatic rings. The molecule has 0 fully saturated rings. The molecule has 0 radical (unpaired) electrons. The fourth-order valence-corrected chi connectivity index (χ4v) is 1.76. The number of hydrogen-bond donors (Lipinski definition) is 0. The van der Waals surface area contributed by atoms with E-state index in [-0.39, 0.29) is 0 Å². The van der Waals surface area contributed by atoms with Gasteiger partial charge in [0.1, 0.15) is 0 Å². The molecule has 2 rings (SSSR count). The third-order valence-corrected chi connectivity index (χ3v) is 2.52. The number of nitrogens with zero attached hydrogens (tertiary/aromatic N) is 2. The summed E-state index contributed by atoms with van der Waals surface area (Å²) in [5.74, 6) is 0. The Morgan fingerprint density at radius 1 is 0.706 bits per heavy atom. The Hall–Kier alpha value is -1.96. The molecule has 86 valence electrons. The first-order valence-corrected chi connectivity index (χ1v) is 5.71. The number of aryl methyl sites for hydroxylation is 3.